The predicted octanol–water partition coefficient (Wildman–Crippen LogP) is 2.57. The molecule has 0 aliphatic heterocycles. The molecule has 0 fully saturated rings. The number of ketones is 2. The molecule has 0 aliphatic rings. The molecule has 2 rings (SSSR count). The molecule has 0 atom stereocenters. The Morgan fingerprint density at radius 1 is 1.26 bits per heavy atom. The van der Waals surface area contributed by atoms with Crippen LogP contribution in [0.4, 0.5) is 0 Å². The molecule has 1 N–H and O–H groups in total. The molecule has 0 spiro atoms. The van der Waals surface area contributed by atoms with Crippen LogP contribution in [-0.4, -0.2) is 34.1 Å². The summed E-state index contributed by atoms with van der Waals surface area (Å²) in [6.07, 6.45) is 0.0407. The predicted molar refractivity (Wildman–Crippen MR) is 86.1 cm³/mol. The molecule has 7 heteroatoms. The van der Waals surface area contributed by atoms with Crippen LogP contribution in [0.3, 0.4) is 0 Å². The maximum Gasteiger partial charge on any atom is 0.312 e. The van der Waals surface area contributed by atoms with E-state index in [0.29, 0.717) is 28.2 Å². The lowest BCUT2D eigenvalue weighted by Crippen LogP contribution is -2.17. The minimum atomic E-state index is -0.503. The van der Waals surface area contributed by atoms with Gasteiger partial charge in [0.05, 0.1) is 22.8 Å². The number of aromatic amines is 1. The average Bonchev–Trinajstić information content (AvgIpc) is 2.99. The Kier molecular flexibility index (Phi) is 5.10. The normalized spacial score (nSPS) is 10.6. The van der Waals surface area contributed by atoms with E-state index >= 15 is 0 Å². The number of Topliss-reactive ketones (excluding diaryl/α,β-unsaturated/α-hetero) is 2. The quantitative estimate of drug-likeness (QED) is 0.648. The molecule has 122 valence electrons. The molecule has 0 saturated carbocycles. The van der Waals surface area contributed by atoms with Crippen molar-refractivity contribution in [3.63, 3.8) is 0 Å². The molecular weight excluding hydrogens is 316 g/mol. The van der Waals surface area contributed by atoms with Crippen LogP contribution in [0.1, 0.15) is 49.7 Å². The first-order chi connectivity index (χ1) is 10.8. The number of H-pyrrole nitrogens is 1. The van der Waals surface area contributed by atoms with Crippen molar-refractivity contribution in [3.8, 4) is 0 Å². The molecular formula is C16H18N2O4S. The van der Waals surface area contributed by atoms with Crippen LogP contribution in [0.15, 0.2) is 5.38 Å². The van der Waals surface area contributed by atoms with Gasteiger partial charge in [-0.1, -0.05) is 0 Å². The highest BCUT2D eigenvalue weighted by atomic mass is 32.1. The molecule has 0 radical (unpaired) electrons. The van der Waals surface area contributed by atoms with Gasteiger partial charge in [-0.3, -0.25) is 14.4 Å². The van der Waals surface area contributed by atoms with E-state index in [9.17, 15) is 14.4 Å². The van der Waals surface area contributed by atoms with Gasteiger partial charge in [0.2, 0.25) is 5.78 Å². The molecule has 0 saturated heterocycles. The van der Waals surface area contributed by atoms with Crippen LogP contribution >= 0.6 is 11.3 Å². The molecule has 6 nitrogen and oxygen atoms in total. The molecule has 2 aromatic heterocycles. The third-order valence-corrected chi connectivity index (χ3v) is 4.25. The molecule has 0 bridgehead atoms. The van der Waals surface area contributed by atoms with Gasteiger partial charge in [-0.2, -0.15) is 0 Å². The van der Waals surface area contributed by atoms with Gasteiger partial charge in [0.15, 0.2) is 12.4 Å². The van der Waals surface area contributed by atoms with E-state index in [2.05, 4.69) is 9.97 Å². The summed E-state index contributed by atoms with van der Waals surface area (Å²) in [5, 5.41) is 2.66. The molecule has 2 heterocycles. The second kappa shape index (κ2) is 6.87. The molecule has 0 amide bonds. The number of rotatable bonds is 6. The minimum absolute atomic E-state index is 0.0407. The van der Waals surface area contributed by atoms with E-state index in [-0.39, 0.29) is 24.6 Å². The maximum absolute atomic E-state index is 12.2. The van der Waals surface area contributed by atoms with E-state index in [1.165, 1.54) is 18.3 Å². The molecule has 0 aliphatic carbocycles. The fourth-order valence-electron chi connectivity index (χ4n) is 2.46. The zero-order valence-corrected chi connectivity index (χ0v) is 14.3. The summed E-state index contributed by atoms with van der Waals surface area (Å²) in [4.78, 5) is 42.6. The number of ether oxygens (including phenoxy) is 1. The lowest BCUT2D eigenvalue weighted by molar-refractivity contribution is -0.141. The Labute approximate surface area is 137 Å². The van der Waals surface area contributed by atoms with E-state index in [1.807, 2.05) is 6.92 Å². The standard InChI is InChI=1S/C16H18N2O4S/c1-8-15(10(3)19)9(2)17-16(8)13(20)6-22-14(21)5-12-7-23-11(4)18-12/h7,17H,5-6H2,1-4H3. The Balaban J connectivity index is 1.98. The fourth-order valence-corrected chi connectivity index (χ4v) is 3.08. The number of nitrogens with one attached hydrogen (secondary N) is 1. The number of hydrogen-bond donors (Lipinski definition) is 1. The first kappa shape index (κ1) is 17.1. The fraction of sp³-hybridized carbons (Fsp3) is 0.375. The van der Waals surface area contributed by atoms with Crippen molar-refractivity contribution in [1.29, 1.82) is 0 Å². The summed E-state index contributed by atoms with van der Waals surface area (Å²) in [6.45, 7) is 6.38. The Morgan fingerprint density at radius 3 is 2.48 bits per heavy atom. The smallest absolute Gasteiger partial charge is 0.312 e. The summed E-state index contributed by atoms with van der Waals surface area (Å²) < 4.78 is 5.01. The van der Waals surface area contributed by atoms with Crippen LogP contribution < -0.4 is 0 Å². The third kappa shape index (κ3) is 3.92. The second-order valence-electron chi connectivity index (χ2n) is 5.30. The van der Waals surface area contributed by atoms with E-state index in [1.54, 1.807) is 19.2 Å². The third-order valence-electron chi connectivity index (χ3n) is 3.42. The van der Waals surface area contributed by atoms with Crippen LogP contribution in [0.2, 0.25) is 0 Å². The van der Waals surface area contributed by atoms with Gasteiger partial charge in [0.25, 0.3) is 0 Å². The van der Waals surface area contributed by atoms with Gasteiger partial charge < -0.3 is 9.72 Å². The van der Waals surface area contributed by atoms with Crippen molar-refractivity contribution in [3.05, 3.63) is 38.6 Å². The van der Waals surface area contributed by atoms with Crippen LogP contribution in [-0.2, 0) is 16.0 Å². The SMILES string of the molecule is CC(=O)c1c(C)[nH]c(C(=O)COC(=O)Cc2csc(C)n2)c1C. The van der Waals surface area contributed by atoms with Crippen LogP contribution in [0, 0.1) is 20.8 Å². The zero-order chi connectivity index (χ0) is 17.1. The second-order valence-corrected chi connectivity index (χ2v) is 6.36. The summed E-state index contributed by atoms with van der Waals surface area (Å²) in [5.41, 5.74) is 2.69. The number of carbonyl (C=O) groups excluding carboxylic acids is 3. The van der Waals surface area contributed by atoms with Crippen molar-refractivity contribution in [2.24, 2.45) is 0 Å². The first-order valence-electron chi connectivity index (χ1n) is 7.09. The van der Waals surface area contributed by atoms with Gasteiger partial charge in [0.1, 0.15) is 0 Å². The number of aryl methyl sites for hydroxylation is 2. The monoisotopic (exact) mass is 334 g/mol. The van der Waals surface area contributed by atoms with Crippen molar-refractivity contribution in [2.75, 3.05) is 6.61 Å². The summed E-state index contributed by atoms with van der Waals surface area (Å²) in [5.74, 6) is -0.969. The molecule has 23 heavy (non-hydrogen) atoms. The summed E-state index contributed by atoms with van der Waals surface area (Å²) in [7, 11) is 0. The zero-order valence-electron chi connectivity index (χ0n) is 13.5. The number of hydrogen-bond acceptors (Lipinski definition) is 6. The van der Waals surface area contributed by atoms with Gasteiger partial charge in [-0.15, -0.1) is 11.3 Å². The first-order valence-corrected chi connectivity index (χ1v) is 7.97. The van der Waals surface area contributed by atoms with Gasteiger partial charge >= 0.3 is 5.97 Å². The van der Waals surface area contributed by atoms with Gasteiger partial charge in [-0.05, 0) is 33.3 Å². The van der Waals surface area contributed by atoms with Gasteiger partial charge in [-0.25, -0.2) is 4.98 Å². The highest BCUT2D eigenvalue weighted by Gasteiger charge is 2.20. The highest BCUT2D eigenvalue weighted by molar-refractivity contribution is 7.09. The Hall–Kier alpha value is -2.28. The number of thiazole rings is 1. The minimum Gasteiger partial charge on any atom is -0.457 e. The average molecular weight is 334 g/mol. The molecule has 2 aromatic rings. The van der Waals surface area contributed by atoms with Crippen molar-refractivity contribution in [1.82, 2.24) is 9.97 Å². The molecule has 0 aromatic carbocycles. The van der Waals surface area contributed by atoms with Crippen LogP contribution in [0.25, 0.3) is 0 Å². The summed E-state index contributed by atoms with van der Waals surface area (Å²) >= 11 is 1.45. The van der Waals surface area contributed by atoms with Gasteiger partial charge in [0, 0.05) is 16.6 Å². The Morgan fingerprint density at radius 2 is 1.96 bits per heavy atom. The lowest BCUT2D eigenvalue weighted by Gasteiger charge is -2.03. The number of aromatic nitrogens is 2. The molecule has 0 unspecified atom stereocenters. The number of carbonyl (C=O) groups is 3. The van der Waals surface area contributed by atoms with E-state index in [0.717, 1.165) is 5.01 Å². The Bertz CT molecular complexity index is 773. The van der Waals surface area contributed by atoms with E-state index in [4.69, 9.17) is 4.74 Å². The lowest BCUT2D eigenvalue weighted by atomic mass is 10.1. The highest BCUT2D eigenvalue weighted by Crippen LogP contribution is 2.19. The maximum atomic E-state index is 12.2. The summed E-state index contributed by atoms with van der Waals surface area (Å²) in [6, 6.07) is 0. The largest absolute Gasteiger partial charge is 0.457 e. The van der Waals surface area contributed by atoms with Crippen molar-refractivity contribution < 1.29 is 19.1 Å². The van der Waals surface area contributed by atoms with E-state index < -0.39 is 5.97 Å². The number of esters is 1. The van der Waals surface area contributed by atoms with Crippen LogP contribution in [0.5, 0.6) is 0 Å². The van der Waals surface area contributed by atoms with Crippen molar-refractivity contribution >= 4 is 28.9 Å². The van der Waals surface area contributed by atoms with Crippen molar-refractivity contribution in [2.45, 2.75) is 34.1 Å². The topological polar surface area (TPSA) is 89.1 Å². The number of nitrogens with zero attached hydrogens (tertiary/aromatic N) is 1.